The van der Waals surface area contributed by atoms with E-state index in [1.807, 2.05) is 26.2 Å². The molecule has 2 aromatic carbocycles. The fourth-order valence-corrected chi connectivity index (χ4v) is 3.12. The monoisotopic (exact) mass is 402 g/mol. The SMILES string of the molecule is COc1cc(SC)ccc1C(=O)N[C@H](CC(=O)[O-])c1ccc(OC(C)C)cc1. The zero-order valence-corrected chi connectivity index (χ0v) is 17.2. The first-order chi connectivity index (χ1) is 13.3. The van der Waals surface area contributed by atoms with Gasteiger partial charge in [0.1, 0.15) is 11.5 Å². The largest absolute Gasteiger partial charge is 0.550 e. The Balaban J connectivity index is 2.24. The lowest BCUT2D eigenvalue weighted by Gasteiger charge is -2.21. The van der Waals surface area contributed by atoms with Crippen LogP contribution in [-0.4, -0.2) is 31.3 Å². The Morgan fingerprint density at radius 1 is 1.14 bits per heavy atom. The van der Waals surface area contributed by atoms with E-state index in [0.717, 1.165) is 4.90 Å². The number of ether oxygens (including phenoxy) is 2. The Kier molecular flexibility index (Phi) is 7.75. The zero-order valence-electron chi connectivity index (χ0n) is 16.4. The van der Waals surface area contributed by atoms with E-state index >= 15 is 0 Å². The molecule has 0 aliphatic carbocycles. The van der Waals surface area contributed by atoms with Crippen molar-refractivity contribution in [2.75, 3.05) is 13.4 Å². The number of nitrogens with one attached hydrogen (secondary N) is 1. The highest BCUT2D eigenvalue weighted by Gasteiger charge is 2.19. The molecule has 150 valence electrons. The lowest BCUT2D eigenvalue weighted by molar-refractivity contribution is -0.306. The van der Waals surface area contributed by atoms with E-state index in [0.29, 0.717) is 22.6 Å². The minimum Gasteiger partial charge on any atom is -0.550 e. The lowest BCUT2D eigenvalue weighted by Crippen LogP contribution is -2.34. The van der Waals surface area contributed by atoms with Gasteiger partial charge in [0.15, 0.2) is 0 Å². The van der Waals surface area contributed by atoms with Crippen molar-refractivity contribution in [3.63, 3.8) is 0 Å². The van der Waals surface area contributed by atoms with Gasteiger partial charge in [0.25, 0.3) is 5.91 Å². The Hall–Kier alpha value is -2.67. The normalized spacial score (nSPS) is 11.8. The van der Waals surface area contributed by atoms with Crippen LogP contribution >= 0.6 is 11.8 Å². The summed E-state index contributed by atoms with van der Waals surface area (Å²) in [5.41, 5.74) is 0.983. The number of rotatable bonds is 9. The summed E-state index contributed by atoms with van der Waals surface area (Å²) in [7, 11) is 1.49. The van der Waals surface area contributed by atoms with E-state index in [4.69, 9.17) is 9.47 Å². The molecule has 7 heteroatoms. The van der Waals surface area contributed by atoms with E-state index in [2.05, 4.69) is 5.32 Å². The predicted molar refractivity (Wildman–Crippen MR) is 107 cm³/mol. The van der Waals surface area contributed by atoms with Crippen LogP contribution in [0.2, 0.25) is 0 Å². The van der Waals surface area contributed by atoms with Gasteiger partial charge in [-0.05, 0) is 56.0 Å². The molecular formula is C21H24NO5S-. The van der Waals surface area contributed by atoms with Crippen LogP contribution in [0.1, 0.15) is 42.2 Å². The number of benzene rings is 2. The van der Waals surface area contributed by atoms with E-state index in [1.165, 1.54) is 18.9 Å². The second-order valence-corrected chi connectivity index (χ2v) is 7.28. The van der Waals surface area contributed by atoms with Gasteiger partial charge in [-0.1, -0.05) is 12.1 Å². The average molecular weight is 402 g/mol. The molecule has 0 unspecified atom stereocenters. The van der Waals surface area contributed by atoms with E-state index in [9.17, 15) is 14.7 Å². The Morgan fingerprint density at radius 2 is 1.82 bits per heavy atom. The maximum atomic E-state index is 12.8. The molecule has 28 heavy (non-hydrogen) atoms. The molecule has 0 aliphatic heterocycles. The molecule has 2 aromatic rings. The number of aliphatic carboxylic acids is 1. The second-order valence-electron chi connectivity index (χ2n) is 6.40. The van der Waals surface area contributed by atoms with Crippen molar-refractivity contribution in [3.05, 3.63) is 53.6 Å². The molecule has 0 heterocycles. The van der Waals surface area contributed by atoms with Gasteiger partial charge >= 0.3 is 0 Å². The Morgan fingerprint density at radius 3 is 2.36 bits per heavy atom. The summed E-state index contributed by atoms with van der Waals surface area (Å²) < 4.78 is 10.9. The van der Waals surface area contributed by atoms with Crippen molar-refractivity contribution >= 4 is 23.6 Å². The first-order valence-electron chi connectivity index (χ1n) is 8.83. The van der Waals surface area contributed by atoms with Crippen LogP contribution in [0.15, 0.2) is 47.4 Å². The third kappa shape index (κ3) is 5.92. The first kappa shape index (κ1) is 21.6. The van der Waals surface area contributed by atoms with Gasteiger partial charge in [0.2, 0.25) is 0 Å². The van der Waals surface area contributed by atoms with Crippen LogP contribution in [0, 0.1) is 0 Å². The number of carbonyl (C=O) groups excluding carboxylic acids is 2. The molecule has 1 N–H and O–H groups in total. The summed E-state index contributed by atoms with van der Waals surface area (Å²) in [6.07, 6.45) is 1.61. The standard InChI is InChI=1S/C21H25NO5S/c1-13(2)27-15-7-5-14(6-8-15)18(12-20(23)24)22-21(25)17-10-9-16(28-4)11-19(17)26-3/h5-11,13,18H,12H2,1-4H3,(H,22,25)(H,23,24)/p-1/t18-/m1/s1. The number of carbonyl (C=O) groups is 2. The number of carboxylic acids is 1. The van der Waals surface area contributed by atoms with Crippen molar-refractivity contribution in [1.29, 1.82) is 0 Å². The van der Waals surface area contributed by atoms with Gasteiger partial charge in [-0.3, -0.25) is 4.79 Å². The quantitative estimate of drug-likeness (QED) is 0.649. The Bertz CT molecular complexity index is 820. The predicted octanol–water partition coefficient (Wildman–Crippen LogP) is 2.82. The third-order valence-electron chi connectivity index (χ3n) is 3.98. The van der Waals surface area contributed by atoms with Crippen LogP contribution < -0.4 is 19.9 Å². The molecule has 0 bridgehead atoms. The van der Waals surface area contributed by atoms with E-state index < -0.39 is 17.9 Å². The maximum Gasteiger partial charge on any atom is 0.255 e. The summed E-state index contributed by atoms with van der Waals surface area (Å²) in [5, 5.41) is 14.0. The van der Waals surface area contributed by atoms with Gasteiger partial charge in [-0.15, -0.1) is 11.8 Å². The molecule has 0 spiro atoms. The molecule has 6 nitrogen and oxygen atoms in total. The van der Waals surface area contributed by atoms with Gasteiger partial charge in [0, 0.05) is 17.3 Å². The molecule has 0 aliphatic rings. The minimum absolute atomic E-state index is 0.0290. The third-order valence-corrected chi connectivity index (χ3v) is 4.71. The van der Waals surface area contributed by atoms with Gasteiger partial charge in [-0.2, -0.15) is 0 Å². The number of methoxy groups -OCH3 is 1. The van der Waals surface area contributed by atoms with Crippen molar-refractivity contribution in [2.24, 2.45) is 0 Å². The molecule has 0 radical (unpaired) electrons. The number of hydrogen-bond acceptors (Lipinski definition) is 6. The van der Waals surface area contributed by atoms with Gasteiger partial charge in [0.05, 0.1) is 24.8 Å². The van der Waals surface area contributed by atoms with Gasteiger partial charge in [-0.25, -0.2) is 0 Å². The summed E-state index contributed by atoms with van der Waals surface area (Å²) in [6, 6.07) is 11.5. The number of amides is 1. The minimum atomic E-state index is -1.25. The zero-order chi connectivity index (χ0) is 20.7. The van der Waals surface area contributed by atoms with Gasteiger partial charge < -0.3 is 24.7 Å². The topological polar surface area (TPSA) is 87.7 Å². The van der Waals surface area contributed by atoms with Crippen LogP contribution in [-0.2, 0) is 4.79 Å². The van der Waals surface area contributed by atoms with Crippen molar-refractivity contribution < 1.29 is 24.2 Å². The molecular weight excluding hydrogens is 378 g/mol. The van der Waals surface area contributed by atoms with Crippen LogP contribution in [0.25, 0.3) is 0 Å². The average Bonchev–Trinajstić information content (AvgIpc) is 2.66. The van der Waals surface area contributed by atoms with Crippen LogP contribution in [0.5, 0.6) is 11.5 Å². The molecule has 1 amide bonds. The molecule has 0 aromatic heterocycles. The van der Waals surface area contributed by atoms with E-state index in [1.54, 1.807) is 36.4 Å². The fourth-order valence-electron chi connectivity index (χ4n) is 2.69. The summed E-state index contributed by atoms with van der Waals surface area (Å²) in [6.45, 7) is 3.84. The molecule has 1 atom stereocenters. The van der Waals surface area contributed by atoms with Crippen molar-refractivity contribution in [2.45, 2.75) is 37.3 Å². The maximum absolute atomic E-state index is 12.8. The van der Waals surface area contributed by atoms with Crippen LogP contribution in [0.4, 0.5) is 0 Å². The van der Waals surface area contributed by atoms with E-state index in [-0.39, 0.29) is 12.5 Å². The lowest BCUT2D eigenvalue weighted by atomic mass is 10.0. The van der Waals surface area contributed by atoms with Crippen LogP contribution in [0.3, 0.4) is 0 Å². The summed E-state index contributed by atoms with van der Waals surface area (Å²) >= 11 is 1.53. The highest BCUT2D eigenvalue weighted by atomic mass is 32.2. The highest BCUT2D eigenvalue weighted by molar-refractivity contribution is 7.98. The Labute approximate surface area is 169 Å². The molecule has 2 rings (SSSR count). The fraction of sp³-hybridized carbons (Fsp3) is 0.333. The van der Waals surface area contributed by atoms with Crippen molar-refractivity contribution in [3.8, 4) is 11.5 Å². The molecule has 0 saturated carbocycles. The molecule has 0 fully saturated rings. The number of carboxylic acid groups (broad SMARTS) is 1. The number of hydrogen-bond donors (Lipinski definition) is 1. The summed E-state index contributed by atoms with van der Waals surface area (Å²) in [5.74, 6) is -0.570. The summed E-state index contributed by atoms with van der Waals surface area (Å²) in [4.78, 5) is 24.9. The first-order valence-corrected chi connectivity index (χ1v) is 10.1. The molecule has 0 saturated heterocycles. The highest BCUT2D eigenvalue weighted by Crippen LogP contribution is 2.27. The number of thioether (sulfide) groups is 1. The van der Waals surface area contributed by atoms with Crippen molar-refractivity contribution in [1.82, 2.24) is 5.32 Å². The smallest absolute Gasteiger partial charge is 0.255 e. The second kappa shape index (κ2) is 10.0.